The molecule has 6 nitrogen and oxygen atoms in total. The Hall–Kier alpha value is -2.97. The van der Waals surface area contributed by atoms with E-state index in [2.05, 4.69) is 4.72 Å². The highest BCUT2D eigenvalue weighted by Crippen LogP contribution is 2.42. The summed E-state index contributed by atoms with van der Waals surface area (Å²) in [7, 11) is -2.12. The van der Waals surface area contributed by atoms with Gasteiger partial charge in [0.25, 0.3) is 10.0 Å². The van der Waals surface area contributed by atoms with Gasteiger partial charge in [-0.3, -0.25) is 14.4 Å². The molecule has 4 rings (SSSR count). The third kappa shape index (κ3) is 4.72. The molecule has 1 heterocycles. The second-order valence-electron chi connectivity index (χ2n) is 8.08. The van der Waals surface area contributed by atoms with Crippen LogP contribution in [0.15, 0.2) is 65.6 Å². The average molecular weight is 483 g/mol. The Labute approximate surface area is 199 Å². The Kier molecular flexibility index (Phi) is 6.41. The number of hydrogen-bond acceptors (Lipinski definition) is 5. The van der Waals surface area contributed by atoms with Crippen molar-refractivity contribution in [2.45, 2.75) is 31.0 Å². The molecule has 3 aromatic rings. The number of amides is 1. The molecule has 172 valence electrons. The minimum Gasteiger partial charge on any atom is -0.497 e. The molecule has 8 heteroatoms. The number of carbonyl (C=O) groups excluding carboxylic acids is 1. The topological polar surface area (TPSA) is 75.7 Å². The Bertz CT molecular complexity index is 1260. The van der Waals surface area contributed by atoms with E-state index in [0.717, 1.165) is 22.6 Å². The molecule has 1 fully saturated rings. The van der Waals surface area contributed by atoms with Gasteiger partial charge < -0.3 is 4.74 Å². The van der Waals surface area contributed by atoms with Gasteiger partial charge in [0, 0.05) is 11.4 Å². The lowest BCUT2D eigenvalue weighted by molar-refractivity contribution is -0.115. The summed E-state index contributed by atoms with van der Waals surface area (Å²) in [6.07, 6.45) is 0. The minimum atomic E-state index is -3.72. The molecule has 3 aromatic carbocycles. The molecule has 0 aliphatic carbocycles. The lowest BCUT2D eigenvalue weighted by Gasteiger charge is -2.24. The minimum absolute atomic E-state index is 0.0327. The van der Waals surface area contributed by atoms with Gasteiger partial charge in [-0.2, -0.15) is 0 Å². The van der Waals surface area contributed by atoms with Crippen LogP contribution in [0.5, 0.6) is 5.75 Å². The van der Waals surface area contributed by atoms with Crippen molar-refractivity contribution >= 4 is 39.1 Å². The van der Waals surface area contributed by atoms with Crippen LogP contribution in [-0.2, 0) is 14.8 Å². The van der Waals surface area contributed by atoms with Crippen LogP contribution in [0.25, 0.3) is 0 Å². The molecule has 1 aliphatic heterocycles. The Morgan fingerprint density at radius 1 is 0.970 bits per heavy atom. The number of rotatable bonds is 6. The third-order valence-electron chi connectivity index (χ3n) is 5.54. The lowest BCUT2D eigenvalue weighted by Crippen LogP contribution is -2.27. The summed E-state index contributed by atoms with van der Waals surface area (Å²) < 4.78 is 34.0. The summed E-state index contributed by atoms with van der Waals surface area (Å²) in [5.41, 5.74) is 4.65. The summed E-state index contributed by atoms with van der Waals surface area (Å²) in [4.78, 5) is 14.7. The monoisotopic (exact) mass is 482 g/mol. The highest BCUT2D eigenvalue weighted by atomic mass is 32.2. The van der Waals surface area contributed by atoms with E-state index in [9.17, 15) is 13.2 Å². The molecule has 0 saturated carbocycles. The van der Waals surface area contributed by atoms with E-state index in [4.69, 9.17) is 4.74 Å². The Morgan fingerprint density at radius 2 is 1.58 bits per heavy atom. The quantitative estimate of drug-likeness (QED) is 0.523. The first-order valence-corrected chi connectivity index (χ1v) is 13.0. The molecule has 0 unspecified atom stereocenters. The summed E-state index contributed by atoms with van der Waals surface area (Å²) in [6.45, 7) is 5.56. The van der Waals surface area contributed by atoms with Gasteiger partial charge in [0.15, 0.2) is 0 Å². The molecule has 0 bridgehead atoms. The van der Waals surface area contributed by atoms with Gasteiger partial charge in [0.2, 0.25) is 5.91 Å². The first kappa shape index (κ1) is 23.2. The average Bonchev–Trinajstić information content (AvgIpc) is 3.14. The summed E-state index contributed by atoms with van der Waals surface area (Å²) in [5.74, 6) is 1.15. The third-order valence-corrected chi connectivity index (χ3v) is 8.44. The highest BCUT2D eigenvalue weighted by Gasteiger charge is 2.34. The van der Waals surface area contributed by atoms with Crippen molar-refractivity contribution in [2.75, 3.05) is 22.5 Å². The van der Waals surface area contributed by atoms with Crippen molar-refractivity contribution in [1.82, 2.24) is 0 Å². The fourth-order valence-electron chi connectivity index (χ4n) is 4.21. The Morgan fingerprint density at radius 3 is 2.15 bits per heavy atom. The van der Waals surface area contributed by atoms with Gasteiger partial charge in [-0.1, -0.05) is 29.8 Å². The molecular formula is C25H26N2O4S2. The van der Waals surface area contributed by atoms with Gasteiger partial charge in [-0.25, -0.2) is 8.42 Å². The number of thioether (sulfide) groups is 1. The van der Waals surface area contributed by atoms with Crippen LogP contribution >= 0.6 is 11.8 Å². The van der Waals surface area contributed by atoms with Crippen molar-refractivity contribution in [1.29, 1.82) is 0 Å². The molecule has 0 aromatic heterocycles. The van der Waals surface area contributed by atoms with E-state index in [0.29, 0.717) is 27.5 Å². The number of hydrogen-bond donors (Lipinski definition) is 1. The van der Waals surface area contributed by atoms with E-state index in [-0.39, 0.29) is 11.3 Å². The number of aryl methyl sites for hydroxylation is 3. The van der Waals surface area contributed by atoms with Gasteiger partial charge in [0.1, 0.15) is 11.1 Å². The van der Waals surface area contributed by atoms with Crippen LogP contribution in [-0.4, -0.2) is 27.2 Å². The first-order chi connectivity index (χ1) is 15.7. The predicted molar refractivity (Wildman–Crippen MR) is 134 cm³/mol. The van der Waals surface area contributed by atoms with Crippen LogP contribution in [0.3, 0.4) is 0 Å². The zero-order valence-corrected chi connectivity index (χ0v) is 20.6. The number of sulfonamides is 1. The van der Waals surface area contributed by atoms with Crippen LogP contribution in [0, 0.1) is 20.8 Å². The second kappa shape index (κ2) is 9.11. The standard InChI is InChI=1S/C25H26N2O4S2/c1-16-13-17(2)24(18(3)14-16)33(29,30)26-20-7-5-19(6-8-20)25-27(23(28)15-32-25)21-9-11-22(31-4)12-10-21/h5-14,25-26H,15H2,1-4H3/t25-/m1/s1. The number of nitrogens with one attached hydrogen (secondary N) is 1. The Balaban J connectivity index is 1.57. The summed E-state index contributed by atoms with van der Waals surface area (Å²) in [5, 5.41) is -0.182. The smallest absolute Gasteiger partial charge is 0.262 e. The molecule has 33 heavy (non-hydrogen) atoms. The van der Waals surface area contributed by atoms with Crippen molar-refractivity contribution in [3.8, 4) is 5.75 Å². The van der Waals surface area contributed by atoms with Crippen molar-refractivity contribution in [2.24, 2.45) is 0 Å². The summed E-state index contributed by atoms with van der Waals surface area (Å²) in [6, 6.07) is 18.3. The second-order valence-corrected chi connectivity index (χ2v) is 10.8. The lowest BCUT2D eigenvalue weighted by atomic mass is 10.1. The largest absolute Gasteiger partial charge is 0.497 e. The van der Waals surface area contributed by atoms with Crippen molar-refractivity contribution in [3.05, 3.63) is 82.9 Å². The highest BCUT2D eigenvalue weighted by molar-refractivity contribution is 8.00. The van der Waals surface area contributed by atoms with Gasteiger partial charge >= 0.3 is 0 Å². The maximum atomic E-state index is 13.0. The molecule has 1 aliphatic rings. The van der Waals surface area contributed by atoms with Crippen LogP contribution < -0.4 is 14.4 Å². The fourth-order valence-corrected chi connectivity index (χ4v) is 6.90. The molecule has 1 amide bonds. The van der Waals surface area contributed by atoms with Crippen LogP contribution in [0.2, 0.25) is 0 Å². The molecule has 1 atom stereocenters. The number of anilines is 2. The van der Waals surface area contributed by atoms with E-state index in [1.165, 1.54) is 0 Å². The first-order valence-electron chi connectivity index (χ1n) is 10.5. The zero-order chi connectivity index (χ0) is 23.8. The maximum Gasteiger partial charge on any atom is 0.262 e. The van der Waals surface area contributed by atoms with Crippen molar-refractivity contribution in [3.63, 3.8) is 0 Å². The van der Waals surface area contributed by atoms with Gasteiger partial charge in [-0.15, -0.1) is 11.8 Å². The molecule has 1 N–H and O–H groups in total. The maximum absolute atomic E-state index is 13.0. The summed E-state index contributed by atoms with van der Waals surface area (Å²) >= 11 is 1.54. The van der Waals surface area contributed by atoms with E-state index >= 15 is 0 Å². The number of ether oxygens (including phenoxy) is 1. The zero-order valence-electron chi connectivity index (χ0n) is 19.0. The van der Waals surface area contributed by atoms with Crippen LogP contribution in [0.1, 0.15) is 27.6 Å². The van der Waals surface area contributed by atoms with Gasteiger partial charge in [-0.05, 0) is 73.9 Å². The molecule has 0 spiro atoms. The van der Waals surface area contributed by atoms with E-state index in [1.54, 1.807) is 49.8 Å². The normalized spacial score (nSPS) is 16.2. The van der Waals surface area contributed by atoms with E-state index in [1.807, 2.05) is 55.5 Å². The number of methoxy groups -OCH3 is 1. The number of benzene rings is 3. The SMILES string of the molecule is COc1ccc(N2C(=O)CS[C@@H]2c2ccc(NS(=O)(=O)c3c(C)cc(C)cc3C)cc2)cc1. The number of carbonyl (C=O) groups is 1. The van der Waals surface area contributed by atoms with E-state index < -0.39 is 10.0 Å². The molecule has 1 saturated heterocycles. The number of nitrogens with zero attached hydrogens (tertiary/aromatic N) is 1. The molecule has 0 radical (unpaired) electrons. The fraction of sp³-hybridized carbons (Fsp3) is 0.240. The molecular weight excluding hydrogens is 456 g/mol. The van der Waals surface area contributed by atoms with Gasteiger partial charge in [0.05, 0.1) is 17.8 Å². The predicted octanol–water partition coefficient (Wildman–Crippen LogP) is 5.20. The van der Waals surface area contributed by atoms with Crippen LogP contribution in [0.4, 0.5) is 11.4 Å². The van der Waals surface area contributed by atoms with Crippen molar-refractivity contribution < 1.29 is 17.9 Å².